The van der Waals surface area contributed by atoms with E-state index in [0.29, 0.717) is 30.0 Å². The number of nitrogens with two attached hydrogens (primary N) is 1. The minimum absolute atomic E-state index is 0.139. The summed E-state index contributed by atoms with van der Waals surface area (Å²) in [6.07, 6.45) is 1.06. The molecule has 6 nitrogen and oxygen atoms in total. The summed E-state index contributed by atoms with van der Waals surface area (Å²) >= 11 is 0. The minimum Gasteiger partial charge on any atom is -0.484 e. The Labute approximate surface area is 160 Å². The summed E-state index contributed by atoms with van der Waals surface area (Å²) < 4.78 is 57.9. The minimum atomic E-state index is -4.24. The molecule has 0 saturated carbocycles. The molecule has 3 N–H and O–H groups in total. The van der Waals surface area contributed by atoms with Gasteiger partial charge in [0, 0.05) is 6.54 Å². The Morgan fingerprint density at radius 3 is 2.32 bits per heavy atom. The van der Waals surface area contributed by atoms with E-state index >= 15 is 0 Å². The highest BCUT2D eigenvalue weighted by Gasteiger charge is 2.64. The van der Waals surface area contributed by atoms with Crippen molar-refractivity contribution >= 4 is 11.8 Å². The van der Waals surface area contributed by atoms with Crippen molar-refractivity contribution in [2.75, 3.05) is 26.2 Å². The van der Waals surface area contributed by atoms with Crippen molar-refractivity contribution in [3.8, 4) is 5.75 Å². The molecule has 0 aliphatic carbocycles. The Morgan fingerprint density at radius 2 is 1.71 bits per heavy atom. The fourth-order valence-electron chi connectivity index (χ4n) is 2.71. The van der Waals surface area contributed by atoms with Crippen molar-refractivity contribution < 1.29 is 31.9 Å². The predicted molar refractivity (Wildman–Crippen MR) is 93.2 cm³/mol. The number of hydrogen-bond acceptors (Lipinski definition) is 4. The maximum Gasteiger partial charge on any atom is 0.329 e. The molecule has 10 heteroatoms. The van der Waals surface area contributed by atoms with Crippen molar-refractivity contribution in [3.63, 3.8) is 0 Å². The smallest absolute Gasteiger partial charge is 0.329 e. The quantitative estimate of drug-likeness (QED) is 0.485. The van der Waals surface area contributed by atoms with Crippen LogP contribution in [0.15, 0.2) is 30.3 Å². The first-order valence-corrected chi connectivity index (χ1v) is 8.87. The molecular weight excluding hydrogens is 382 g/mol. The predicted octanol–water partition coefficient (Wildman–Crippen LogP) is 1.79. The van der Waals surface area contributed by atoms with E-state index in [1.54, 1.807) is 24.3 Å². The van der Waals surface area contributed by atoms with Gasteiger partial charge in [0.05, 0.1) is 19.1 Å². The van der Waals surface area contributed by atoms with Gasteiger partial charge in [-0.15, -0.1) is 0 Å². The van der Waals surface area contributed by atoms with E-state index in [4.69, 9.17) is 10.5 Å². The molecule has 0 spiro atoms. The van der Waals surface area contributed by atoms with Crippen molar-refractivity contribution in [2.45, 2.75) is 37.1 Å². The van der Waals surface area contributed by atoms with E-state index in [-0.39, 0.29) is 18.9 Å². The molecule has 1 aliphatic heterocycles. The monoisotopic (exact) mass is 405 g/mol. The van der Waals surface area contributed by atoms with Crippen LogP contribution < -0.4 is 15.8 Å². The molecule has 2 amide bonds. The van der Waals surface area contributed by atoms with Crippen LogP contribution in [0, 0.1) is 0 Å². The lowest BCUT2D eigenvalue weighted by molar-refractivity contribution is -0.172. The first kappa shape index (κ1) is 21.9. The molecule has 1 saturated heterocycles. The number of nitrogens with one attached hydrogen (secondary N) is 1. The van der Waals surface area contributed by atoms with Crippen LogP contribution >= 0.6 is 0 Å². The molecule has 1 aromatic carbocycles. The van der Waals surface area contributed by atoms with Gasteiger partial charge in [-0.05, 0) is 31.4 Å². The van der Waals surface area contributed by atoms with Gasteiger partial charge in [0.2, 0.25) is 5.91 Å². The summed E-state index contributed by atoms with van der Waals surface area (Å²) in [5.74, 6) is -9.15. The lowest BCUT2D eigenvalue weighted by atomic mass is 10.1. The number of unbranched alkanes of at least 4 members (excludes halogenated alkanes) is 1. The summed E-state index contributed by atoms with van der Waals surface area (Å²) in [7, 11) is 0. The summed E-state index contributed by atoms with van der Waals surface area (Å²) in [5.41, 5.74) is 5.64. The maximum atomic E-state index is 13.2. The normalized spacial score (nSPS) is 18.5. The van der Waals surface area contributed by atoms with Crippen molar-refractivity contribution in [3.05, 3.63) is 30.3 Å². The van der Waals surface area contributed by atoms with Gasteiger partial charge in [0.25, 0.3) is 5.91 Å². The molecule has 1 atom stereocenters. The SMILES string of the molecule is NC(CCCCNC(=O)COc1ccccc1)C(=O)N1CC(F)(F)C(F)(F)C1. The number of rotatable bonds is 9. The van der Waals surface area contributed by atoms with Crippen LogP contribution in [0.25, 0.3) is 0 Å². The van der Waals surface area contributed by atoms with Gasteiger partial charge in [0.1, 0.15) is 5.75 Å². The topological polar surface area (TPSA) is 84.7 Å². The maximum absolute atomic E-state index is 13.2. The van der Waals surface area contributed by atoms with Crippen LogP contribution in [0.4, 0.5) is 17.6 Å². The van der Waals surface area contributed by atoms with Gasteiger partial charge in [-0.25, -0.2) is 0 Å². The highest BCUT2D eigenvalue weighted by atomic mass is 19.3. The van der Waals surface area contributed by atoms with Crippen molar-refractivity contribution in [1.29, 1.82) is 0 Å². The molecule has 0 radical (unpaired) electrons. The zero-order valence-electron chi connectivity index (χ0n) is 15.2. The molecule has 1 heterocycles. The highest BCUT2D eigenvalue weighted by Crippen LogP contribution is 2.41. The van der Waals surface area contributed by atoms with E-state index in [1.807, 2.05) is 6.07 Å². The Kier molecular flexibility index (Phi) is 7.22. The average Bonchev–Trinajstić information content (AvgIpc) is 2.87. The van der Waals surface area contributed by atoms with Gasteiger partial charge in [0.15, 0.2) is 6.61 Å². The van der Waals surface area contributed by atoms with Crippen molar-refractivity contribution in [1.82, 2.24) is 10.2 Å². The molecule has 1 aromatic rings. The number of carbonyl (C=O) groups is 2. The van der Waals surface area contributed by atoms with E-state index in [2.05, 4.69) is 5.32 Å². The van der Waals surface area contributed by atoms with Gasteiger partial charge in [-0.1, -0.05) is 18.2 Å². The van der Waals surface area contributed by atoms with Crippen molar-refractivity contribution in [2.24, 2.45) is 5.73 Å². The van der Waals surface area contributed by atoms with Gasteiger partial charge < -0.3 is 20.7 Å². The van der Waals surface area contributed by atoms with Crippen LogP contribution in [-0.4, -0.2) is 60.8 Å². The first-order valence-electron chi connectivity index (χ1n) is 8.87. The zero-order chi connectivity index (χ0) is 20.8. The summed E-state index contributed by atoms with van der Waals surface area (Å²) in [4.78, 5) is 24.0. The largest absolute Gasteiger partial charge is 0.484 e. The van der Waals surface area contributed by atoms with E-state index in [1.165, 1.54) is 0 Å². The molecule has 28 heavy (non-hydrogen) atoms. The lowest BCUT2D eigenvalue weighted by Crippen LogP contribution is -2.43. The highest BCUT2D eigenvalue weighted by molar-refractivity contribution is 5.82. The van der Waals surface area contributed by atoms with E-state index in [9.17, 15) is 27.2 Å². The summed E-state index contributed by atoms with van der Waals surface area (Å²) in [5, 5.41) is 2.63. The number of para-hydroxylation sites is 1. The van der Waals surface area contributed by atoms with Crippen LogP contribution in [0.5, 0.6) is 5.75 Å². The number of halogens is 4. The Bertz CT molecular complexity index is 657. The summed E-state index contributed by atoms with van der Waals surface area (Å²) in [6.45, 7) is -2.48. The molecule has 0 aromatic heterocycles. The molecule has 1 fully saturated rings. The van der Waals surface area contributed by atoms with Gasteiger partial charge in [-0.3, -0.25) is 9.59 Å². The van der Waals surface area contributed by atoms with Gasteiger partial charge >= 0.3 is 11.8 Å². The number of alkyl halides is 4. The Balaban J connectivity index is 1.60. The van der Waals surface area contributed by atoms with Crippen LogP contribution in [-0.2, 0) is 9.59 Å². The third-order valence-corrected chi connectivity index (χ3v) is 4.32. The second-order valence-corrected chi connectivity index (χ2v) is 6.66. The molecule has 156 valence electrons. The van der Waals surface area contributed by atoms with Crippen LogP contribution in [0.3, 0.4) is 0 Å². The fraction of sp³-hybridized carbons (Fsp3) is 0.556. The number of hydrogen-bond donors (Lipinski definition) is 2. The number of ether oxygens (including phenoxy) is 1. The second-order valence-electron chi connectivity index (χ2n) is 6.66. The van der Waals surface area contributed by atoms with E-state index < -0.39 is 36.9 Å². The number of benzene rings is 1. The average molecular weight is 405 g/mol. The second kappa shape index (κ2) is 9.22. The Hall–Kier alpha value is -2.36. The number of likely N-dealkylation sites (tertiary alicyclic amines) is 1. The number of amides is 2. The number of carbonyl (C=O) groups excluding carboxylic acids is 2. The van der Waals surface area contributed by atoms with E-state index in [0.717, 1.165) is 0 Å². The third kappa shape index (κ3) is 5.82. The first-order chi connectivity index (χ1) is 13.1. The fourth-order valence-corrected chi connectivity index (χ4v) is 2.71. The standard InChI is InChI=1S/C18H23F4N3O3/c19-17(20)11-25(12-18(17,21)22)16(27)14(23)8-4-5-9-24-15(26)10-28-13-6-2-1-3-7-13/h1-3,6-7,14H,4-5,8-12,23H2,(H,24,26). The van der Waals surface area contributed by atoms with Crippen LogP contribution in [0.1, 0.15) is 19.3 Å². The molecule has 0 bridgehead atoms. The molecule has 1 aliphatic rings. The van der Waals surface area contributed by atoms with Gasteiger partial charge in [-0.2, -0.15) is 17.6 Å². The Morgan fingerprint density at radius 1 is 1.11 bits per heavy atom. The summed E-state index contributed by atoms with van der Waals surface area (Å²) in [6, 6.07) is 7.69. The zero-order valence-corrected chi connectivity index (χ0v) is 15.2. The molecule has 1 unspecified atom stereocenters. The third-order valence-electron chi connectivity index (χ3n) is 4.32. The van der Waals surface area contributed by atoms with Crippen LogP contribution in [0.2, 0.25) is 0 Å². The lowest BCUT2D eigenvalue weighted by Gasteiger charge is -2.19. The number of nitrogens with zero attached hydrogens (tertiary/aromatic N) is 1. The molecular formula is C18H23F4N3O3. The molecule has 2 rings (SSSR count).